The number of pyridine rings is 2. The smallest absolute Gasteiger partial charge is 0.417 e. The monoisotopic (exact) mass is 1090 g/mol. The minimum Gasteiger partial charge on any atom is -0.488 e. The molecule has 4 heterocycles. The Morgan fingerprint density at radius 1 is 0.857 bits per heavy atom. The molecule has 24 heteroatoms. The number of carbonyl (C=O) groups excluding carboxylic acids is 6. The lowest BCUT2D eigenvalue weighted by Crippen LogP contribution is -2.43. The summed E-state index contributed by atoms with van der Waals surface area (Å²) in [5.41, 5.74) is 2.71. The lowest BCUT2D eigenvalue weighted by molar-refractivity contribution is -0.261. The summed E-state index contributed by atoms with van der Waals surface area (Å²) in [5.74, 6) is -8.29. The van der Waals surface area contributed by atoms with Crippen molar-refractivity contribution in [1.29, 1.82) is 0 Å². The zero-order valence-corrected chi connectivity index (χ0v) is 43.0. The number of anilines is 1. The van der Waals surface area contributed by atoms with Crippen LogP contribution in [0.5, 0.6) is 5.75 Å². The molecule has 0 bridgehead atoms. The van der Waals surface area contributed by atoms with Gasteiger partial charge in [0.15, 0.2) is 17.2 Å². The van der Waals surface area contributed by atoms with E-state index in [0.717, 1.165) is 56.5 Å². The van der Waals surface area contributed by atoms with E-state index in [-0.39, 0.29) is 104 Å². The number of rotatable bonds is 24. The van der Waals surface area contributed by atoms with Crippen LogP contribution in [-0.2, 0) is 42.9 Å². The van der Waals surface area contributed by atoms with Gasteiger partial charge in [0.1, 0.15) is 18.4 Å². The maximum absolute atomic E-state index is 15.3. The first kappa shape index (κ1) is 58.3. The van der Waals surface area contributed by atoms with E-state index in [1.807, 2.05) is 6.07 Å². The van der Waals surface area contributed by atoms with E-state index >= 15 is 4.39 Å². The van der Waals surface area contributed by atoms with E-state index in [9.17, 15) is 46.3 Å². The molecule has 0 unspecified atom stereocenters. The summed E-state index contributed by atoms with van der Waals surface area (Å²) < 4.78 is 101. The highest BCUT2D eigenvalue weighted by Gasteiger charge is 2.61. The molecule has 0 spiro atoms. The highest BCUT2D eigenvalue weighted by atomic mass is 19.4. The van der Waals surface area contributed by atoms with Gasteiger partial charge in [-0.15, -0.1) is 0 Å². The van der Waals surface area contributed by atoms with Gasteiger partial charge in [-0.2, -0.15) is 17.6 Å². The Bertz CT molecular complexity index is 2530. The fraction of sp³-hybridized carbons (Fsp3) is 0.585. The van der Waals surface area contributed by atoms with Gasteiger partial charge in [-0.05, 0) is 101 Å². The Kier molecular flexibility index (Phi) is 20.3. The summed E-state index contributed by atoms with van der Waals surface area (Å²) in [5, 5.41) is 11.2. The molecule has 77 heavy (non-hydrogen) atoms. The van der Waals surface area contributed by atoms with Crippen molar-refractivity contribution in [1.82, 2.24) is 30.8 Å². The lowest BCUT2D eigenvalue weighted by Gasteiger charge is -2.29. The van der Waals surface area contributed by atoms with E-state index < -0.39 is 65.3 Å². The Hall–Kier alpha value is -6.37. The Morgan fingerprint density at radius 2 is 1.56 bits per heavy atom. The van der Waals surface area contributed by atoms with E-state index in [4.69, 9.17) is 29.4 Å². The molecular formula is C53H67F5N8O11. The van der Waals surface area contributed by atoms with Gasteiger partial charge < -0.3 is 55.6 Å². The molecule has 2 aliphatic heterocycles. The van der Waals surface area contributed by atoms with Crippen LogP contribution in [0, 0.1) is 23.5 Å². The molecule has 3 aromatic rings. The van der Waals surface area contributed by atoms with Gasteiger partial charge in [0.25, 0.3) is 11.8 Å². The molecule has 5 atom stereocenters. The van der Waals surface area contributed by atoms with Crippen LogP contribution in [-0.4, -0.2) is 140 Å². The molecule has 2 saturated heterocycles. The Labute approximate surface area is 442 Å². The van der Waals surface area contributed by atoms with Crippen LogP contribution in [0.2, 0.25) is 0 Å². The summed E-state index contributed by atoms with van der Waals surface area (Å²) in [4.78, 5) is 85.7. The van der Waals surface area contributed by atoms with Crippen molar-refractivity contribution in [3.05, 3.63) is 83.4 Å². The molecule has 2 saturated carbocycles. The van der Waals surface area contributed by atoms with Gasteiger partial charge >= 0.3 is 6.18 Å². The van der Waals surface area contributed by atoms with Crippen LogP contribution in [0.1, 0.15) is 118 Å². The molecule has 7 rings (SSSR count). The standard InChI is InChI=1S/C53H67F5N8O11/c1-52(53(56,57)58)29-39(47(77-52)51(72)65-34-17-19-61-41(27-34)48(59)69)37-15-16-40(54)44(55)46(37)76-26-25-73-23-20-62-49(70)31-7-9-33(10-8-31)64-42(67)6-4-22-74-35-11-13-36(14-12-35)75-24-21-63-50(71)38-28-43(68)66(2)45(38)32-5-3-18-60-30-32/h3,5,15-19,27,30-31,33,35-36,38-39,45,47H,4,6-14,20-26,28-29H2,1-2H3,(H2,59,69)(H,62,70)(H,63,71)(H,64,67)(H,61,65,72)/t31?,33?,35?,36?,38-,39-,45+,47+,52+/m0/s1. The number of aromatic nitrogens is 2. The molecule has 6 amide bonds. The fourth-order valence-corrected chi connectivity index (χ4v) is 10.5. The largest absolute Gasteiger partial charge is 0.488 e. The highest BCUT2D eigenvalue weighted by Crippen LogP contribution is 2.51. The highest BCUT2D eigenvalue weighted by molar-refractivity contribution is 5.97. The number of hydrogen-bond acceptors (Lipinski definition) is 13. The van der Waals surface area contributed by atoms with Crippen LogP contribution in [0.4, 0.5) is 27.6 Å². The molecule has 4 aliphatic rings. The van der Waals surface area contributed by atoms with E-state index in [2.05, 4.69) is 31.2 Å². The molecule has 2 aromatic heterocycles. The summed E-state index contributed by atoms with van der Waals surface area (Å²) >= 11 is 0. The van der Waals surface area contributed by atoms with Gasteiger partial charge in [0.05, 0.1) is 44.0 Å². The number of nitrogens with two attached hydrogens (primary N) is 1. The van der Waals surface area contributed by atoms with Crippen LogP contribution in [0.15, 0.2) is 55.0 Å². The van der Waals surface area contributed by atoms with Crippen LogP contribution in [0.25, 0.3) is 0 Å². The van der Waals surface area contributed by atoms with Crippen LogP contribution in [0.3, 0.4) is 0 Å². The predicted octanol–water partition coefficient (Wildman–Crippen LogP) is 5.33. The summed E-state index contributed by atoms with van der Waals surface area (Å²) in [7, 11) is 1.71. The number of nitrogens with zero attached hydrogens (tertiary/aromatic N) is 3. The molecule has 19 nitrogen and oxygen atoms in total. The average Bonchev–Trinajstić information content (AvgIpc) is 3.94. The number of amides is 6. The number of benzene rings is 1. The van der Waals surface area contributed by atoms with Gasteiger partial charge in [0, 0.05) is 87.3 Å². The molecule has 4 fully saturated rings. The molecule has 6 N–H and O–H groups in total. The van der Waals surface area contributed by atoms with E-state index in [1.54, 1.807) is 30.4 Å². The van der Waals surface area contributed by atoms with Crippen LogP contribution >= 0.6 is 0 Å². The third-order valence-electron chi connectivity index (χ3n) is 14.7. The zero-order valence-electron chi connectivity index (χ0n) is 43.0. The third-order valence-corrected chi connectivity index (χ3v) is 14.7. The quantitative estimate of drug-likeness (QED) is 0.0563. The molecule has 1 aromatic carbocycles. The predicted molar refractivity (Wildman–Crippen MR) is 266 cm³/mol. The summed E-state index contributed by atoms with van der Waals surface area (Å²) in [6.07, 6.45) is 3.69. The van der Waals surface area contributed by atoms with Crippen molar-refractivity contribution < 1.29 is 74.4 Å². The first-order chi connectivity index (χ1) is 36.8. The second-order valence-electron chi connectivity index (χ2n) is 20.1. The first-order valence-corrected chi connectivity index (χ1v) is 26.0. The van der Waals surface area contributed by atoms with Gasteiger partial charge in [-0.3, -0.25) is 38.7 Å². The molecule has 420 valence electrons. The van der Waals surface area contributed by atoms with Crippen LogP contribution < -0.4 is 31.7 Å². The zero-order chi connectivity index (χ0) is 55.3. The molecular weight excluding hydrogens is 1020 g/mol. The number of carbonyl (C=O) groups is 6. The number of halogens is 5. The normalized spacial score (nSPS) is 25.5. The number of likely N-dealkylation sites (tertiary alicyclic amines) is 1. The van der Waals surface area contributed by atoms with Gasteiger partial charge in [-0.25, -0.2) is 4.39 Å². The van der Waals surface area contributed by atoms with Crippen molar-refractivity contribution in [3.63, 3.8) is 0 Å². The van der Waals surface area contributed by atoms with Crippen molar-refractivity contribution >= 4 is 41.1 Å². The number of alkyl halides is 3. The minimum absolute atomic E-state index is 0.0238. The third kappa shape index (κ3) is 15.4. The van der Waals surface area contributed by atoms with Crippen molar-refractivity contribution in [2.75, 3.05) is 58.5 Å². The number of nitrogens with one attached hydrogen (secondary N) is 4. The van der Waals surface area contributed by atoms with Crippen molar-refractivity contribution in [2.24, 2.45) is 17.6 Å². The Balaban J connectivity index is 0.733. The SMILES string of the molecule is CN1C(=O)C[C@H](C(=O)NCCOC2CCC(OCCCC(=O)NC3CCC(C(=O)NCCOCCOc4c([C@@H]5C[C@](C)(C(F)(F)F)O[C@H]5C(=O)Nc5ccnc(C(N)=O)c5)ccc(F)c4F)CC3)CC2)[C@H]1c1cccnc1. The maximum Gasteiger partial charge on any atom is 0.417 e. The number of primary amides is 1. The second-order valence-corrected chi connectivity index (χ2v) is 20.1. The summed E-state index contributed by atoms with van der Waals surface area (Å²) in [6, 6.07) is 7.37. The second kappa shape index (κ2) is 26.8. The summed E-state index contributed by atoms with van der Waals surface area (Å²) in [6.45, 7) is 1.50. The Morgan fingerprint density at radius 3 is 2.25 bits per heavy atom. The van der Waals surface area contributed by atoms with Crippen molar-refractivity contribution in [2.45, 2.75) is 132 Å². The minimum atomic E-state index is -4.96. The topological polar surface area (TPSA) is 252 Å². The molecule has 0 radical (unpaired) electrons. The number of ether oxygens (including phenoxy) is 5. The average molecular weight is 1090 g/mol. The first-order valence-electron chi connectivity index (χ1n) is 26.0. The number of hydrogen-bond donors (Lipinski definition) is 5. The van der Waals surface area contributed by atoms with E-state index in [0.29, 0.717) is 64.3 Å². The molecule has 2 aliphatic carbocycles. The van der Waals surface area contributed by atoms with Gasteiger partial charge in [0.2, 0.25) is 29.4 Å². The maximum atomic E-state index is 15.3. The van der Waals surface area contributed by atoms with E-state index in [1.165, 1.54) is 6.07 Å². The van der Waals surface area contributed by atoms with Crippen molar-refractivity contribution in [3.8, 4) is 5.75 Å². The fourth-order valence-electron chi connectivity index (χ4n) is 10.5. The lowest BCUT2D eigenvalue weighted by atomic mass is 9.85. The van der Waals surface area contributed by atoms with Gasteiger partial charge in [-0.1, -0.05) is 12.1 Å².